The third-order valence-corrected chi connectivity index (χ3v) is 6.72. The van der Waals surface area contributed by atoms with Gasteiger partial charge in [-0.3, -0.25) is 14.3 Å². The van der Waals surface area contributed by atoms with Crippen LogP contribution in [0.5, 0.6) is 0 Å². The fourth-order valence-corrected chi connectivity index (χ4v) is 4.89. The highest BCUT2D eigenvalue weighted by atomic mass is 32.2. The topological polar surface area (TPSA) is 63.9 Å². The van der Waals surface area contributed by atoms with E-state index in [0.717, 1.165) is 22.4 Å². The lowest BCUT2D eigenvalue weighted by molar-refractivity contribution is -0.130. The van der Waals surface area contributed by atoms with Crippen LogP contribution in [0.3, 0.4) is 0 Å². The maximum Gasteiger partial charge on any atom is 0.240 e. The first-order chi connectivity index (χ1) is 16.1. The molecule has 0 saturated heterocycles. The van der Waals surface area contributed by atoms with Crippen molar-refractivity contribution in [3.8, 4) is 17.1 Å². The van der Waals surface area contributed by atoms with Gasteiger partial charge in [-0.05, 0) is 50.1 Å². The zero-order chi connectivity index (χ0) is 23.2. The van der Waals surface area contributed by atoms with Gasteiger partial charge >= 0.3 is 0 Å². The van der Waals surface area contributed by atoms with Crippen molar-refractivity contribution in [2.75, 3.05) is 13.1 Å². The van der Waals surface area contributed by atoms with E-state index in [-0.39, 0.29) is 5.91 Å². The van der Waals surface area contributed by atoms with Gasteiger partial charge in [0.1, 0.15) is 5.25 Å². The summed E-state index contributed by atoms with van der Waals surface area (Å²) >= 11 is 1.43. The predicted molar refractivity (Wildman–Crippen MR) is 132 cm³/mol. The number of rotatable bonds is 8. The van der Waals surface area contributed by atoms with Crippen molar-refractivity contribution in [3.05, 3.63) is 90.3 Å². The van der Waals surface area contributed by atoms with Gasteiger partial charge < -0.3 is 4.90 Å². The van der Waals surface area contributed by atoms with Gasteiger partial charge in [0.15, 0.2) is 11.0 Å². The minimum Gasteiger partial charge on any atom is -0.342 e. The molecule has 0 aliphatic rings. The third-order valence-electron chi connectivity index (χ3n) is 5.53. The number of nitrogens with zero attached hydrogens (tertiary/aromatic N) is 5. The molecule has 1 atom stereocenters. The molecule has 2 aromatic carbocycles. The lowest BCUT2D eigenvalue weighted by Crippen LogP contribution is -2.34. The highest BCUT2D eigenvalue weighted by Gasteiger charge is 2.29. The van der Waals surface area contributed by atoms with E-state index in [1.54, 1.807) is 12.4 Å². The van der Waals surface area contributed by atoms with Gasteiger partial charge in [-0.2, -0.15) is 0 Å². The normalized spacial score (nSPS) is 11.8. The van der Waals surface area contributed by atoms with E-state index in [9.17, 15) is 4.79 Å². The van der Waals surface area contributed by atoms with E-state index in [0.29, 0.717) is 24.1 Å². The Morgan fingerprint density at radius 3 is 2.36 bits per heavy atom. The van der Waals surface area contributed by atoms with Crippen molar-refractivity contribution in [3.63, 3.8) is 0 Å². The summed E-state index contributed by atoms with van der Waals surface area (Å²) in [6.07, 6.45) is 3.52. The van der Waals surface area contributed by atoms with E-state index in [2.05, 4.69) is 28.2 Å². The van der Waals surface area contributed by atoms with E-state index in [1.165, 1.54) is 11.8 Å². The number of thioether (sulfide) groups is 1. The van der Waals surface area contributed by atoms with Gasteiger partial charge in [0.05, 0.1) is 5.69 Å². The molecule has 168 valence electrons. The Labute approximate surface area is 198 Å². The molecule has 2 heterocycles. The quantitative estimate of drug-likeness (QED) is 0.334. The number of amides is 1. The number of benzene rings is 2. The molecule has 7 heteroatoms. The minimum absolute atomic E-state index is 0.0680. The molecule has 0 aliphatic heterocycles. The Morgan fingerprint density at radius 2 is 1.70 bits per heavy atom. The second kappa shape index (κ2) is 10.4. The Morgan fingerprint density at radius 1 is 0.970 bits per heavy atom. The van der Waals surface area contributed by atoms with Crippen LogP contribution in [-0.4, -0.2) is 43.6 Å². The van der Waals surface area contributed by atoms with E-state index >= 15 is 0 Å². The average molecular weight is 458 g/mol. The Kier molecular flexibility index (Phi) is 7.19. The van der Waals surface area contributed by atoms with Crippen LogP contribution < -0.4 is 0 Å². The zero-order valence-electron chi connectivity index (χ0n) is 19.0. The molecular formula is C26H27N5OS. The molecule has 0 saturated carbocycles. The van der Waals surface area contributed by atoms with Crippen molar-refractivity contribution in [1.29, 1.82) is 0 Å². The number of hydrogen-bond donors (Lipinski definition) is 0. The molecule has 33 heavy (non-hydrogen) atoms. The van der Waals surface area contributed by atoms with Crippen molar-refractivity contribution >= 4 is 17.7 Å². The maximum absolute atomic E-state index is 13.5. The largest absolute Gasteiger partial charge is 0.342 e. The van der Waals surface area contributed by atoms with Crippen LogP contribution in [0, 0.1) is 6.92 Å². The molecule has 0 N–H and O–H groups in total. The third kappa shape index (κ3) is 4.83. The number of aryl methyl sites for hydroxylation is 1. The predicted octanol–water partition coefficient (Wildman–Crippen LogP) is 5.34. The molecular weight excluding hydrogens is 430 g/mol. The number of carbonyl (C=O) groups is 1. The number of para-hydroxylation sites is 1. The smallest absolute Gasteiger partial charge is 0.240 e. The molecule has 0 aliphatic carbocycles. The van der Waals surface area contributed by atoms with Crippen molar-refractivity contribution in [2.45, 2.75) is 31.2 Å². The first-order valence-electron chi connectivity index (χ1n) is 11.1. The van der Waals surface area contributed by atoms with Gasteiger partial charge in [-0.1, -0.05) is 60.3 Å². The molecule has 0 bridgehead atoms. The molecule has 1 amide bonds. The standard InChI is InChI=1S/C26H27N5OS/c1-4-30(5-2)25(32)23(20-13-7-6-8-14-20)33-26-29-28-24(21-15-11-17-27-18-21)31(26)22-16-10-9-12-19(22)3/h6-18,23H,4-5H2,1-3H3. The first-order valence-corrected chi connectivity index (χ1v) is 11.9. The molecule has 2 aromatic heterocycles. The Hall–Kier alpha value is -3.45. The second-order valence-electron chi connectivity index (χ2n) is 7.59. The summed E-state index contributed by atoms with van der Waals surface area (Å²) in [4.78, 5) is 19.7. The number of likely N-dealkylation sites (N-methyl/N-ethyl adjacent to an activating group) is 1. The number of hydrogen-bond acceptors (Lipinski definition) is 5. The summed E-state index contributed by atoms with van der Waals surface area (Å²) in [7, 11) is 0. The van der Waals surface area contributed by atoms with E-state index < -0.39 is 5.25 Å². The molecule has 0 spiro atoms. The summed E-state index contributed by atoms with van der Waals surface area (Å²) in [5, 5.41) is 9.30. The molecule has 4 aromatic rings. The van der Waals surface area contributed by atoms with Gasteiger partial charge in [-0.15, -0.1) is 10.2 Å². The summed E-state index contributed by atoms with van der Waals surface area (Å²) in [6.45, 7) is 7.39. The number of carbonyl (C=O) groups excluding carboxylic acids is 1. The van der Waals surface area contributed by atoms with Gasteiger partial charge in [0.25, 0.3) is 0 Å². The Balaban J connectivity index is 1.84. The van der Waals surface area contributed by atoms with Crippen LogP contribution in [0.4, 0.5) is 0 Å². The summed E-state index contributed by atoms with van der Waals surface area (Å²) < 4.78 is 2.03. The molecule has 0 fully saturated rings. The van der Waals surface area contributed by atoms with Crippen LogP contribution in [0.2, 0.25) is 0 Å². The van der Waals surface area contributed by atoms with Crippen LogP contribution in [0.15, 0.2) is 84.3 Å². The lowest BCUT2D eigenvalue weighted by Gasteiger charge is -2.25. The maximum atomic E-state index is 13.5. The molecule has 4 rings (SSSR count). The van der Waals surface area contributed by atoms with Crippen molar-refractivity contribution in [1.82, 2.24) is 24.6 Å². The SMILES string of the molecule is CCN(CC)C(=O)C(Sc1nnc(-c2cccnc2)n1-c1ccccc1C)c1ccccc1. The second-order valence-corrected chi connectivity index (χ2v) is 8.66. The fraction of sp³-hybridized carbons (Fsp3) is 0.231. The molecule has 6 nitrogen and oxygen atoms in total. The average Bonchev–Trinajstić information content (AvgIpc) is 3.28. The van der Waals surface area contributed by atoms with Crippen LogP contribution in [-0.2, 0) is 4.79 Å². The van der Waals surface area contributed by atoms with Crippen molar-refractivity contribution in [2.24, 2.45) is 0 Å². The van der Waals surface area contributed by atoms with E-state index in [4.69, 9.17) is 0 Å². The molecule has 0 radical (unpaired) electrons. The lowest BCUT2D eigenvalue weighted by atomic mass is 10.1. The van der Waals surface area contributed by atoms with Gasteiger partial charge in [0, 0.05) is 31.0 Å². The number of pyridine rings is 1. The number of aromatic nitrogens is 4. The van der Waals surface area contributed by atoms with Crippen molar-refractivity contribution < 1.29 is 4.79 Å². The zero-order valence-corrected chi connectivity index (χ0v) is 19.9. The van der Waals surface area contributed by atoms with Crippen LogP contribution >= 0.6 is 11.8 Å². The summed E-state index contributed by atoms with van der Waals surface area (Å²) in [5.74, 6) is 0.764. The van der Waals surface area contributed by atoms with Gasteiger partial charge in [0.2, 0.25) is 5.91 Å². The molecule has 1 unspecified atom stereocenters. The Bertz CT molecular complexity index is 1210. The summed E-state index contributed by atoms with van der Waals surface area (Å²) in [5.41, 5.74) is 3.88. The van der Waals surface area contributed by atoms with Crippen LogP contribution in [0.25, 0.3) is 17.1 Å². The van der Waals surface area contributed by atoms with Crippen LogP contribution in [0.1, 0.15) is 30.2 Å². The summed E-state index contributed by atoms with van der Waals surface area (Å²) in [6, 6.07) is 21.9. The monoisotopic (exact) mass is 457 g/mol. The minimum atomic E-state index is -0.431. The fourth-order valence-electron chi connectivity index (χ4n) is 3.76. The highest BCUT2D eigenvalue weighted by molar-refractivity contribution is 8.00. The first kappa shape index (κ1) is 22.7. The van der Waals surface area contributed by atoms with Gasteiger partial charge in [-0.25, -0.2) is 0 Å². The van der Waals surface area contributed by atoms with E-state index in [1.807, 2.05) is 84.0 Å². The highest BCUT2D eigenvalue weighted by Crippen LogP contribution is 2.39.